The molecule has 0 aliphatic heterocycles. The van der Waals surface area contributed by atoms with Gasteiger partial charge < -0.3 is 5.73 Å². The fourth-order valence-corrected chi connectivity index (χ4v) is 2.63. The van der Waals surface area contributed by atoms with Crippen molar-refractivity contribution in [2.75, 3.05) is 6.54 Å². The van der Waals surface area contributed by atoms with Crippen LogP contribution in [0.2, 0.25) is 5.02 Å². The molecule has 0 fully saturated rings. The van der Waals surface area contributed by atoms with Crippen LogP contribution < -0.4 is 10.5 Å². The van der Waals surface area contributed by atoms with Crippen LogP contribution in [0, 0.1) is 0 Å². The predicted octanol–water partition coefficient (Wildman–Crippen LogP) is 1.36. The first kappa shape index (κ1) is 13.4. The van der Waals surface area contributed by atoms with Gasteiger partial charge in [0.05, 0.1) is 4.90 Å². The van der Waals surface area contributed by atoms with Crippen LogP contribution in [-0.4, -0.2) is 20.5 Å². The molecule has 16 heavy (non-hydrogen) atoms. The molecule has 6 heteroatoms. The maximum absolute atomic E-state index is 11.9. The van der Waals surface area contributed by atoms with Crippen LogP contribution in [0.3, 0.4) is 0 Å². The first-order valence-electron chi connectivity index (χ1n) is 4.76. The normalized spacial score (nSPS) is 12.8. The first-order chi connectivity index (χ1) is 7.27. The van der Waals surface area contributed by atoms with E-state index in [9.17, 15) is 8.42 Å². The van der Waals surface area contributed by atoms with Crippen LogP contribution in [-0.2, 0) is 10.0 Å². The third-order valence-corrected chi connectivity index (χ3v) is 4.01. The van der Waals surface area contributed by atoms with Crippen LogP contribution in [0.25, 0.3) is 0 Å². The fraction of sp³-hybridized carbons (Fsp3) is 0.400. The molecule has 1 rings (SSSR count). The van der Waals surface area contributed by atoms with Gasteiger partial charge in [-0.1, -0.05) is 11.6 Å². The quantitative estimate of drug-likeness (QED) is 0.861. The number of rotatable bonds is 4. The van der Waals surface area contributed by atoms with Gasteiger partial charge in [0.25, 0.3) is 0 Å². The van der Waals surface area contributed by atoms with Crippen LogP contribution in [0.1, 0.15) is 13.8 Å². The average molecular weight is 263 g/mol. The second-order valence-corrected chi connectivity index (χ2v) is 6.27. The monoisotopic (exact) mass is 262 g/mol. The Morgan fingerprint density at radius 3 is 2.25 bits per heavy atom. The fourth-order valence-electron chi connectivity index (χ4n) is 1.08. The highest BCUT2D eigenvalue weighted by molar-refractivity contribution is 7.89. The van der Waals surface area contributed by atoms with E-state index in [1.54, 1.807) is 13.8 Å². The van der Waals surface area contributed by atoms with Gasteiger partial charge in [-0.25, -0.2) is 13.1 Å². The summed E-state index contributed by atoms with van der Waals surface area (Å²) in [6.07, 6.45) is 0. The van der Waals surface area contributed by atoms with Gasteiger partial charge in [0.15, 0.2) is 0 Å². The van der Waals surface area contributed by atoms with Crippen molar-refractivity contribution in [3.8, 4) is 0 Å². The van der Waals surface area contributed by atoms with Crippen LogP contribution in [0.15, 0.2) is 29.2 Å². The minimum Gasteiger partial charge on any atom is -0.329 e. The Morgan fingerprint density at radius 2 is 1.81 bits per heavy atom. The second-order valence-electron chi connectivity index (χ2n) is 4.15. The second kappa shape index (κ2) is 4.71. The molecule has 0 heterocycles. The molecule has 1 aromatic carbocycles. The summed E-state index contributed by atoms with van der Waals surface area (Å²) in [6.45, 7) is 3.67. The summed E-state index contributed by atoms with van der Waals surface area (Å²) in [5, 5.41) is 0.497. The van der Waals surface area contributed by atoms with Crippen molar-refractivity contribution in [1.29, 1.82) is 0 Å². The van der Waals surface area contributed by atoms with Crippen molar-refractivity contribution in [2.45, 2.75) is 24.3 Å². The van der Waals surface area contributed by atoms with E-state index in [4.69, 9.17) is 17.3 Å². The van der Waals surface area contributed by atoms with Crippen LogP contribution in [0.5, 0.6) is 0 Å². The van der Waals surface area contributed by atoms with Gasteiger partial charge in [-0.05, 0) is 38.1 Å². The molecule has 0 spiro atoms. The zero-order chi connectivity index (χ0) is 12.4. The summed E-state index contributed by atoms with van der Waals surface area (Å²) < 4.78 is 26.3. The highest BCUT2D eigenvalue weighted by Gasteiger charge is 2.24. The lowest BCUT2D eigenvalue weighted by Gasteiger charge is -2.23. The molecule has 0 unspecified atom stereocenters. The van der Waals surface area contributed by atoms with Crippen molar-refractivity contribution in [1.82, 2.24) is 4.72 Å². The molecular formula is C10H15ClN2O2S. The molecule has 1 aromatic rings. The van der Waals surface area contributed by atoms with Gasteiger partial charge in [0, 0.05) is 17.1 Å². The van der Waals surface area contributed by atoms with E-state index >= 15 is 0 Å². The standard InChI is InChI=1S/C10H15ClN2O2S/c1-10(2,7-12)13-16(14,15)9-5-3-8(11)4-6-9/h3-6,13H,7,12H2,1-2H3. The summed E-state index contributed by atoms with van der Waals surface area (Å²) in [5.74, 6) is 0. The lowest BCUT2D eigenvalue weighted by Crippen LogP contribution is -2.48. The lowest BCUT2D eigenvalue weighted by molar-refractivity contribution is 0.462. The third-order valence-electron chi connectivity index (χ3n) is 2.04. The van der Waals surface area contributed by atoms with E-state index < -0.39 is 15.6 Å². The smallest absolute Gasteiger partial charge is 0.241 e. The van der Waals surface area contributed by atoms with Gasteiger partial charge >= 0.3 is 0 Å². The minimum atomic E-state index is -3.54. The average Bonchev–Trinajstić information content (AvgIpc) is 2.17. The predicted molar refractivity (Wildman–Crippen MR) is 64.9 cm³/mol. The topological polar surface area (TPSA) is 72.2 Å². The van der Waals surface area contributed by atoms with Gasteiger partial charge in [-0.2, -0.15) is 0 Å². The van der Waals surface area contributed by atoms with Crippen molar-refractivity contribution in [3.05, 3.63) is 29.3 Å². The molecule has 0 atom stereocenters. The number of benzene rings is 1. The summed E-state index contributed by atoms with van der Waals surface area (Å²) in [4.78, 5) is 0.179. The maximum Gasteiger partial charge on any atom is 0.241 e. The Balaban J connectivity index is 2.99. The van der Waals surface area contributed by atoms with Gasteiger partial charge in [-0.3, -0.25) is 0 Å². The van der Waals surface area contributed by atoms with E-state index in [-0.39, 0.29) is 11.4 Å². The van der Waals surface area contributed by atoms with Crippen LogP contribution in [0.4, 0.5) is 0 Å². The minimum absolute atomic E-state index is 0.179. The molecule has 0 aliphatic carbocycles. The third kappa shape index (κ3) is 3.45. The van der Waals surface area contributed by atoms with Crippen LogP contribution >= 0.6 is 11.6 Å². The number of nitrogens with one attached hydrogen (secondary N) is 1. The largest absolute Gasteiger partial charge is 0.329 e. The lowest BCUT2D eigenvalue weighted by atomic mass is 10.1. The molecule has 0 saturated heterocycles. The van der Waals surface area contributed by atoms with Gasteiger partial charge in [0.1, 0.15) is 0 Å². The molecule has 3 N–H and O–H groups in total. The number of halogens is 1. The van der Waals surface area contributed by atoms with E-state index in [2.05, 4.69) is 4.72 Å². The maximum atomic E-state index is 11.9. The van der Waals surface area contributed by atoms with Gasteiger partial charge in [-0.15, -0.1) is 0 Å². The first-order valence-corrected chi connectivity index (χ1v) is 6.62. The highest BCUT2D eigenvalue weighted by Crippen LogP contribution is 2.15. The molecule has 0 saturated carbocycles. The molecule has 0 aliphatic rings. The molecule has 0 bridgehead atoms. The molecule has 0 amide bonds. The zero-order valence-corrected chi connectivity index (χ0v) is 10.8. The van der Waals surface area contributed by atoms with E-state index in [1.165, 1.54) is 24.3 Å². The molecule has 0 aromatic heterocycles. The number of hydrogen-bond acceptors (Lipinski definition) is 3. The SMILES string of the molecule is CC(C)(CN)NS(=O)(=O)c1ccc(Cl)cc1. The molecular weight excluding hydrogens is 248 g/mol. The number of sulfonamides is 1. The zero-order valence-electron chi connectivity index (χ0n) is 9.20. The van der Waals surface area contributed by atoms with Crippen molar-refractivity contribution in [2.24, 2.45) is 5.73 Å². The highest BCUT2D eigenvalue weighted by atomic mass is 35.5. The Kier molecular flexibility index (Phi) is 3.96. The van der Waals surface area contributed by atoms with E-state index in [0.29, 0.717) is 5.02 Å². The molecule has 90 valence electrons. The Labute approximate surface area is 101 Å². The summed E-state index contributed by atoms with van der Waals surface area (Å²) in [7, 11) is -3.54. The number of hydrogen-bond donors (Lipinski definition) is 2. The summed E-state index contributed by atoms with van der Waals surface area (Å²) >= 11 is 5.69. The van der Waals surface area contributed by atoms with E-state index in [1.807, 2.05) is 0 Å². The summed E-state index contributed by atoms with van der Waals surface area (Å²) in [6, 6.07) is 5.98. The summed E-state index contributed by atoms with van der Waals surface area (Å²) in [5.41, 5.74) is 4.80. The molecule has 4 nitrogen and oxygen atoms in total. The Hall–Kier alpha value is -0.620. The number of nitrogens with two attached hydrogens (primary N) is 1. The van der Waals surface area contributed by atoms with Crippen molar-refractivity contribution >= 4 is 21.6 Å². The Morgan fingerprint density at radius 1 is 1.31 bits per heavy atom. The Bertz CT molecular complexity index is 454. The molecule has 0 radical (unpaired) electrons. The van der Waals surface area contributed by atoms with Crippen molar-refractivity contribution < 1.29 is 8.42 Å². The van der Waals surface area contributed by atoms with Gasteiger partial charge in [0.2, 0.25) is 10.0 Å². The van der Waals surface area contributed by atoms with E-state index in [0.717, 1.165) is 0 Å². The van der Waals surface area contributed by atoms with Crippen molar-refractivity contribution in [3.63, 3.8) is 0 Å².